The fourth-order valence-electron chi connectivity index (χ4n) is 2.06. The van der Waals surface area contributed by atoms with Crippen molar-refractivity contribution in [2.45, 2.75) is 6.92 Å². The van der Waals surface area contributed by atoms with E-state index < -0.39 is 0 Å². The summed E-state index contributed by atoms with van der Waals surface area (Å²) in [4.78, 5) is 17.2. The molecule has 3 aromatic rings. The Kier molecular flexibility index (Phi) is 1.51. The van der Waals surface area contributed by atoms with Crippen molar-refractivity contribution < 1.29 is 0 Å². The summed E-state index contributed by atoms with van der Waals surface area (Å²) in [5.74, 6) is 0. The zero-order valence-corrected chi connectivity index (χ0v) is 8.29. The second kappa shape index (κ2) is 2.73. The third-order valence-electron chi connectivity index (χ3n) is 2.74. The smallest absolute Gasteiger partial charge is 0.248 e. The van der Waals surface area contributed by atoms with Gasteiger partial charge in [-0.1, -0.05) is 12.1 Å². The second-order valence-corrected chi connectivity index (χ2v) is 3.75. The Balaban J connectivity index is 2.67. The van der Waals surface area contributed by atoms with Crippen LogP contribution in [0.2, 0.25) is 0 Å². The number of hydrogen-bond acceptors (Lipinski definition) is 1. The van der Waals surface area contributed by atoms with Crippen LogP contribution in [-0.4, -0.2) is 9.97 Å². The molecule has 1 aromatic carbocycles. The topological polar surface area (TPSA) is 48.6 Å². The lowest BCUT2D eigenvalue weighted by atomic mass is 10.1. The highest BCUT2D eigenvalue weighted by Crippen LogP contribution is 2.26. The highest BCUT2D eigenvalue weighted by atomic mass is 16.1. The zero-order chi connectivity index (χ0) is 10.4. The number of fused-ring (bicyclic) bond motifs is 3. The summed E-state index contributed by atoms with van der Waals surface area (Å²) >= 11 is 0. The number of rotatable bonds is 0. The first kappa shape index (κ1) is 8.29. The molecule has 74 valence electrons. The fourth-order valence-corrected chi connectivity index (χ4v) is 2.06. The SMILES string of the molecule is Cc1cccc2[nH]c3c[nH]c(=O)cc3c12. The average molecular weight is 198 g/mol. The van der Waals surface area contributed by atoms with Gasteiger partial charge in [-0.15, -0.1) is 0 Å². The number of H-pyrrole nitrogens is 2. The Hall–Kier alpha value is -2.03. The molecule has 0 saturated heterocycles. The van der Waals surface area contributed by atoms with Crippen LogP contribution in [0.5, 0.6) is 0 Å². The highest BCUT2D eigenvalue weighted by Gasteiger charge is 2.05. The van der Waals surface area contributed by atoms with Crippen LogP contribution in [0.1, 0.15) is 5.56 Å². The molecule has 3 nitrogen and oxygen atoms in total. The minimum Gasteiger partial charge on any atom is -0.353 e. The second-order valence-electron chi connectivity index (χ2n) is 3.75. The number of aromatic amines is 2. The minimum atomic E-state index is -0.0633. The van der Waals surface area contributed by atoms with E-state index in [4.69, 9.17) is 0 Å². The molecule has 0 fully saturated rings. The van der Waals surface area contributed by atoms with Gasteiger partial charge in [0.25, 0.3) is 0 Å². The molecule has 0 bridgehead atoms. The van der Waals surface area contributed by atoms with Gasteiger partial charge in [0.15, 0.2) is 0 Å². The van der Waals surface area contributed by atoms with Gasteiger partial charge in [-0.25, -0.2) is 0 Å². The fraction of sp³-hybridized carbons (Fsp3) is 0.0833. The number of aryl methyl sites for hydroxylation is 1. The van der Waals surface area contributed by atoms with Crippen LogP contribution in [0, 0.1) is 6.92 Å². The van der Waals surface area contributed by atoms with E-state index in [1.807, 2.05) is 12.1 Å². The molecule has 0 aliphatic rings. The first-order valence-electron chi connectivity index (χ1n) is 4.85. The van der Waals surface area contributed by atoms with Crippen molar-refractivity contribution in [1.29, 1.82) is 0 Å². The van der Waals surface area contributed by atoms with Crippen LogP contribution < -0.4 is 5.56 Å². The number of hydrogen-bond donors (Lipinski definition) is 2. The van der Waals surface area contributed by atoms with Gasteiger partial charge in [-0.05, 0) is 18.6 Å². The maximum atomic E-state index is 11.3. The molecule has 2 heterocycles. The van der Waals surface area contributed by atoms with Gasteiger partial charge in [0, 0.05) is 28.6 Å². The summed E-state index contributed by atoms with van der Waals surface area (Å²) in [5, 5.41) is 2.13. The van der Waals surface area contributed by atoms with Gasteiger partial charge in [0.1, 0.15) is 0 Å². The van der Waals surface area contributed by atoms with Crippen LogP contribution in [0.25, 0.3) is 21.8 Å². The van der Waals surface area contributed by atoms with Crippen LogP contribution in [0.15, 0.2) is 35.3 Å². The normalized spacial score (nSPS) is 11.3. The molecule has 3 rings (SSSR count). The van der Waals surface area contributed by atoms with Crippen molar-refractivity contribution in [3.05, 3.63) is 46.4 Å². The quantitative estimate of drug-likeness (QED) is 0.572. The lowest BCUT2D eigenvalue weighted by molar-refractivity contribution is 1.26. The maximum Gasteiger partial charge on any atom is 0.248 e. The molecule has 0 aliphatic carbocycles. The van der Waals surface area contributed by atoms with Crippen molar-refractivity contribution in [3.63, 3.8) is 0 Å². The van der Waals surface area contributed by atoms with Crippen LogP contribution in [0.3, 0.4) is 0 Å². The summed E-state index contributed by atoms with van der Waals surface area (Å²) < 4.78 is 0. The van der Waals surface area contributed by atoms with Crippen molar-refractivity contribution in [2.24, 2.45) is 0 Å². The Bertz CT molecular complexity index is 706. The predicted molar refractivity (Wildman–Crippen MR) is 61.2 cm³/mol. The first-order valence-corrected chi connectivity index (χ1v) is 4.85. The average Bonchev–Trinajstić information content (AvgIpc) is 2.57. The highest BCUT2D eigenvalue weighted by molar-refractivity contribution is 6.08. The first-order chi connectivity index (χ1) is 7.25. The van der Waals surface area contributed by atoms with Crippen molar-refractivity contribution in [2.75, 3.05) is 0 Å². The minimum absolute atomic E-state index is 0.0633. The molecular formula is C12H10N2O. The number of pyridine rings is 1. The van der Waals surface area contributed by atoms with Gasteiger partial charge in [0.05, 0.1) is 5.52 Å². The monoisotopic (exact) mass is 198 g/mol. The summed E-state index contributed by atoms with van der Waals surface area (Å²) in [6.45, 7) is 2.05. The molecule has 2 N–H and O–H groups in total. The molecule has 0 unspecified atom stereocenters. The third kappa shape index (κ3) is 1.09. The Morgan fingerprint density at radius 3 is 2.93 bits per heavy atom. The molecule has 0 atom stereocenters. The van der Waals surface area contributed by atoms with Crippen molar-refractivity contribution in [3.8, 4) is 0 Å². The van der Waals surface area contributed by atoms with Crippen molar-refractivity contribution >= 4 is 21.8 Å². The number of aromatic nitrogens is 2. The van der Waals surface area contributed by atoms with E-state index in [1.165, 1.54) is 5.56 Å². The van der Waals surface area contributed by atoms with Crippen LogP contribution in [0.4, 0.5) is 0 Å². The van der Waals surface area contributed by atoms with Crippen LogP contribution in [-0.2, 0) is 0 Å². The number of benzene rings is 1. The molecule has 0 spiro atoms. The standard InChI is InChI=1S/C12H10N2O/c1-7-3-2-4-9-12(7)8-5-11(15)13-6-10(8)14-9/h2-6,14H,1H3,(H,13,15). The Morgan fingerprint density at radius 2 is 2.07 bits per heavy atom. The van der Waals surface area contributed by atoms with Gasteiger partial charge >= 0.3 is 0 Å². The molecule has 3 heteroatoms. The third-order valence-corrected chi connectivity index (χ3v) is 2.74. The lowest BCUT2D eigenvalue weighted by Gasteiger charge is -1.94. The van der Waals surface area contributed by atoms with Gasteiger partial charge in [-0.3, -0.25) is 4.79 Å². The maximum absolute atomic E-state index is 11.3. The van der Waals surface area contributed by atoms with Gasteiger partial charge in [0.2, 0.25) is 5.56 Å². The molecule has 15 heavy (non-hydrogen) atoms. The number of nitrogens with one attached hydrogen (secondary N) is 2. The molecule has 0 radical (unpaired) electrons. The van der Waals surface area contributed by atoms with E-state index in [2.05, 4.69) is 23.0 Å². The Labute approximate surface area is 85.8 Å². The van der Waals surface area contributed by atoms with Gasteiger partial charge < -0.3 is 9.97 Å². The van der Waals surface area contributed by atoms with E-state index in [0.29, 0.717) is 0 Å². The summed E-state index contributed by atoms with van der Waals surface area (Å²) in [7, 11) is 0. The van der Waals surface area contributed by atoms with Crippen LogP contribution >= 0.6 is 0 Å². The molecular weight excluding hydrogens is 188 g/mol. The van der Waals surface area contributed by atoms with Gasteiger partial charge in [-0.2, -0.15) is 0 Å². The summed E-state index contributed by atoms with van der Waals surface area (Å²) in [6.07, 6.45) is 1.72. The van der Waals surface area contributed by atoms with E-state index in [9.17, 15) is 4.79 Å². The predicted octanol–water partition coefficient (Wildman–Crippen LogP) is 2.32. The zero-order valence-electron chi connectivity index (χ0n) is 8.29. The lowest BCUT2D eigenvalue weighted by Crippen LogP contribution is -2.00. The molecule has 0 amide bonds. The Morgan fingerprint density at radius 1 is 1.20 bits per heavy atom. The molecule has 2 aromatic heterocycles. The van der Waals surface area contributed by atoms with Crippen molar-refractivity contribution in [1.82, 2.24) is 9.97 Å². The van der Waals surface area contributed by atoms with E-state index in [1.54, 1.807) is 12.3 Å². The summed E-state index contributed by atoms with van der Waals surface area (Å²) in [5.41, 5.74) is 3.17. The molecule has 0 aliphatic heterocycles. The van der Waals surface area contributed by atoms with E-state index in [0.717, 1.165) is 21.8 Å². The summed E-state index contributed by atoms with van der Waals surface area (Å²) in [6, 6.07) is 7.72. The van der Waals surface area contributed by atoms with E-state index >= 15 is 0 Å². The largest absolute Gasteiger partial charge is 0.353 e. The van der Waals surface area contributed by atoms with E-state index in [-0.39, 0.29) is 5.56 Å². The molecule has 0 saturated carbocycles.